The second-order valence-corrected chi connectivity index (χ2v) is 5.59. The quantitative estimate of drug-likeness (QED) is 0.806. The topological polar surface area (TPSA) is 12.0 Å². The molecule has 2 rings (SSSR count). The fourth-order valence-corrected chi connectivity index (χ4v) is 2.97. The molecule has 1 aromatic heterocycles. The zero-order valence-corrected chi connectivity index (χ0v) is 10.0. The molecule has 1 aliphatic carbocycles. The van der Waals surface area contributed by atoms with Crippen molar-refractivity contribution in [3.8, 4) is 0 Å². The monoisotopic (exact) mass is 209 g/mol. The van der Waals surface area contributed by atoms with Gasteiger partial charge in [-0.3, -0.25) is 0 Å². The van der Waals surface area contributed by atoms with Gasteiger partial charge in [0.2, 0.25) is 0 Å². The number of hydrogen-bond donors (Lipinski definition) is 1. The average Bonchev–Trinajstić information content (AvgIpc) is 2.58. The maximum Gasteiger partial charge on any atom is 0.0305 e. The highest BCUT2D eigenvalue weighted by Crippen LogP contribution is 2.33. The Labute approximate surface area is 90.5 Å². The van der Waals surface area contributed by atoms with Crippen LogP contribution >= 0.6 is 11.3 Å². The minimum Gasteiger partial charge on any atom is -0.309 e. The number of thiophene rings is 1. The molecule has 1 saturated carbocycles. The molecule has 3 atom stereocenters. The van der Waals surface area contributed by atoms with Gasteiger partial charge >= 0.3 is 0 Å². The maximum atomic E-state index is 3.65. The summed E-state index contributed by atoms with van der Waals surface area (Å²) in [5.74, 6) is 1.77. The van der Waals surface area contributed by atoms with E-state index in [4.69, 9.17) is 0 Å². The summed E-state index contributed by atoms with van der Waals surface area (Å²) in [5.41, 5.74) is 1.43. The zero-order valence-electron chi connectivity index (χ0n) is 9.21. The van der Waals surface area contributed by atoms with E-state index in [0.717, 1.165) is 24.4 Å². The Hall–Kier alpha value is -0.340. The Kier molecular flexibility index (Phi) is 2.93. The van der Waals surface area contributed by atoms with Gasteiger partial charge in [-0.2, -0.15) is 0 Å². The fourth-order valence-electron chi connectivity index (χ4n) is 2.11. The summed E-state index contributed by atoms with van der Waals surface area (Å²) in [7, 11) is 0. The van der Waals surface area contributed by atoms with Gasteiger partial charge in [0, 0.05) is 17.5 Å². The summed E-state index contributed by atoms with van der Waals surface area (Å²) in [6.07, 6.45) is 1.35. The molecule has 1 fully saturated rings. The average molecular weight is 209 g/mol. The molecule has 2 heteroatoms. The first-order chi connectivity index (χ1) is 6.68. The molecule has 0 aliphatic heterocycles. The standard InChI is InChI=1S/C12H19NS/c1-8-4-5-14-12(8)7-13-11-6-9(2)10(11)3/h4-5,9-11,13H,6-7H2,1-3H3. The first-order valence-corrected chi connectivity index (χ1v) is 6.33. The van der Waals surface area contributed by atoms with Crippen molar-refractivity contribution >= 4 is 11.3 Å². The van der Waals surface area contributed by atoms with Crippen LogP contribution in [-0.2, 0) is 6.54 Å². The van der Waals surface area contributed by atoms with E-state index in [9.17, 15) is 0 Å². The number of rotatable bonds is 3. The molecule has 1 aromatic rings. The molecule has 1 aliphatic rings. The van der Waals surface area contributed by atoms with E-state index in [0.29, 0.717) is 0 Å². The van der Waals surface area contributed by atoms with Crippen molar-refractivity contribution in [2.45, 2.75) is 39.8 Å². The second kappa shape index (κ2) is 4.03. The molecular formula is C12H19NS. The lowest BCUT2D eigenvalue weighted by Gasteiger charge is -2.41. The van der Waals surface area contributed by atoms with Gasteiger partial charge in [0.1, 0.15) is 0 Å². The molecule has 78 valence electrons. The van der Waals surface area contributed by atoms with E-state index < -0.39 is 0 Å². The van der Waals surface area contributed by atoms with Crippen LogP contribution in [0.3, 0.4) is 0 Å². The van der Waals surface area contributed by atoms with Crippen LogP contribution in [0.4, 0.5) is 0 Å². The van der Waals surface area contributed by atoms with Gasteiger partial charge in [-0.15, -0.1) is 11.3 Å². The third-order valence-corrected chi connectivity index (χ3v) is 4.67. The molecule has 0 bridgehead atoms. The van der Waals surface area contributed by atoms with Crippen LogP contribution in [0.2, 0.25) is 0 Å². The van der Waals surface area contributed by atoms with Crippen molar-refractivity contribution in [3.63, 3.8) is 0 Å². The van der Waals surface area contributed by atoms with Crippen molar-refractivity contribution in [2.24, 2.45) is 11.8 Å². The Bertz CT molecular complexity index is 305. The molecule has 1 N–H and O–H groups in total. The molecule has 1 heterocycles. The van der Waals surface area contributed by atoms with Crippen molar-refractivity contribution in [1.82, 2.24) is 5.32 Å². The Morgan fingerprint density at radius 3 is 2.79 bits per heavy atom. The molecule has 0 spiro atoms. The summed E-state index contributed by atoms with van der Waals surface area (Å²) < 4.78 is 0. The Morgan fingerprint density at radius 1 is 1.50 bits per heavy atom. The van der Waals surface area contributed by atoms with Gasteiger partial charge < -0.3 is 5.32 Å². The van der Waals surface area contributed by atoms with E-state index in [1.807, 2.05) is 11.3 Å². The van der Waals surface area contributed by atoms with Crippen LogP contribution in [0, 0.1) is 18.8 Å². The van der Waals surface area contributed by atoms with Crippen molar-refractivity contribution in [1.29, 1.82) is 0 Å². The SMILES string of the molecule is Cc1ccsc1CNC1CC(C)C1C. The van der Waals surface area contributed by atoms with E-state index in [1.54, 1.807) is 0 Å². The molecule has 14 heavy (non-hydrogen) atoms. The highest BCUT2D eigenvalue weighted by molar-refractivity contribution is 7.10. The first kappa shape index (κ1) is 10.2. The summed E-state index contributed by atoms with van der Waals surface area (Å²) >= 11 is 1.87. The number of aryl methyl sites for hydroxylation is 1. The van der Waals surface area contributed by atoms with Crippen molar-refractivity contribution < 1.29 is 0 Å². The predicted octanol–water partition coefficient (Wildman–Crippen LogP) is 3.19. The van der Waals surface area contributed by atoms with E-state index >= 15 is 0 Å². The maximum absolute atomic E-state index is 3.65. The number of hydrogen-bond acceptors (Lipinski definition) is 2. The third-order valence-electron chi connectivity index (χ3n) is 3.65. The minimum absolute atomic E-state index is 0.756. The summed E-state index contributed by atoms with van der Waals surface area (Å²) in [5, 5.41) is 5.83. The molecule has 0 saturated heterocycles. The molecule has 0 amide bonds. The minimum atomic E-state index is 0.756. The summed E-state index contributed by atoms with van der Waals surface area (Å²) in [6, 6.07) is 2.96. The van der Waals surface area contributed by atoms with Crippen molar-refractivity contribution in [2.75, 3.05) is 0 Å². The van der Waals surface area contributed by atoms with E-state index in [2.05, 4.69) is 37.5 Å². The number of nitrogens with one attached hydrogen (secondary N) is 1. The third kappa shape index (κ3) is 1.86. The van der Waals surface area contributed by atoms with Crippen LogP contribution < -0.4 is 5.32 Å². The molecular weight excluding hydrogens is 190 g/mol. The summed E-state index contributed by atoms with van der Waals surface area (Å²) in [4.78, 5) is 1.50. The first-order valence-electron chi connectivity index (χ1n) is 5.45. The van der Waals surface area contributed by atoms with E-state index in [1.165, 1.54) is 16.9 Å². The van der Waals surface area contributed by atoms with Gasteiger partial charge in [0.15, 0.2) is 0 Å². The Morgan fingerprint density at radius 2 is 2.29 bits per heavy atom. The highest BCUT2D eigenvalue weighted by Gasteiger charge is 2.33. The summed E-state index contributed by atoms with van der Waals surface area (Å²) in [6.45, 7) is 7.96. The highest BCUT2D eigenvalue weighted by atomic mass is 32.1. The van der Waals surface area contributed by atoms with E-state index in [-0.39, 0.29) is 0 Å². The fraction of sp³-hybridized carbons (Fsp3) is 0.667. The zero-order chi connectivity index (χ0) is 10.1. The largest absolute Gasteiger partial charge is 0.309 e. The molecule has 1 nitrogen and oxygen atoms in total. The van der Waals surface area contributed by atoms with Gasteiger partial charge in [0.25, 0.3) is 0 Å². The lowest BCUT2D eigenvalue weighted by Crippen LogP contribution is -2.47. The normalized spacial score (nSPS) is 31.5. The lowest BCUT2D eigenvalue weighted by atomic mass is 9.71. The molecule has 3 unspecified atom stereocenters. The van der Waals surface area contributed by atoms with Crippen LogP contribution in [0.15, 0.2) is 11.4 Å². The Balaban J connectivity index is 1.81. The lowest BCUT2D eigenvalue weighted by molar-refractivity contribution is 0.137. The predicted molar refractivity (Wildman–Crippen MR) is 62.6 cm³/mol. The van der Waals surface area contributed by atoms with Crippen LogP contribution in [-0.4, -0.2) is 6.04 Å². The second-order valence-electron chi connectivity index (χ2n) is 4.59. The van der Waals surface area contributed by atoms with Crippen LogP contribution in [0.25, 0.3) is 0 Å². The van der Waals surface area contributed by atoms with Gasteiger partial charge in [-0.25, -0.2) is 0 Å². The molecule has 0 radical (unpaired) electrons. The van der Waals surface area contributed by atoms with Gasteiger partial charge in [-0.1, -0.05) is 13.8 Å². The van der Waals surface area contributed by atoms with Gasteiger partial charge in [-0.05, 0) is 42.2 Å². The van der Waals surface area contributed by atoms with Crippen LogP contribution in [0.5, 0.6) is 0 Å². The van der Waals surface area contributed by atoms with Crippen LogP contribution in [0.1, 0.15) is 30.7 Å². The van der Waals surface area contributed by atoms with Gasteiger partial charge in [0.05, 0.1) is 0 Å². The van der Waals surface area contributed by atoms with Crippen molar-refractivity contribution in [3.05, 3.63) is 21.9 Å². The smallest absolute Gasteiger partial charge is 0.0305 e. The molecule has 0 aromatic carbocycles.